The van der Waals surface area contributed by atoms with Crippen LogP contribution < -0.4 is 0 Å². The Morgan fingerprint density at radius 3 is 2.74 bits per heavy atom. The first kappa shape index (κ1) is 14.0. The highest BCUT2D eigenvalue weighted by molar-refractivity contribution is 7.89. The van der Waals surface area contributed by atoms with Crippen molar-refractivity contribution in [2.45, 2.75) is 23.8 Å². The van der Waals surface area contributed by atoms with Gasteiger partial charge in [-0.25, -0.2) is 13.2 Å². The third-order valence-electron chi connectivity index (χ3n) is 3.34. The van der Waals surface area contributed by atoms with Crippen molar-refractivity contribution in [1.29, 1.82) is 0 Å². The van der Waals surface area contributed by atoms with Gasteiger partial charge in [-0.1, -0.05) is 0 Å². The molecule has 2 N–H and O–H groups in total. The molecule has 2 heterocycles. The molecule has 0 spiro atoms. The van der Waals surface area contributed by atoms with E-state index in [4.69, 9.17) is 5.11 Å². The van der Waals surface area contributed by atoms with E-state index in [2.05, 4.69) is 0 Å². The lowest BCUT2D eigenvalue weighted by atomic mass is 10.2. The number of sulfonamides is 1. The van der Waals surface area contributed by atoms with Gasteiger partial charge in [-0.3, -0.25) is 0 Å². The number of carboxylic acids is 1. The summed E-state index contributed by atoms with van der Waals surface area (Å²) in [4.78, 5) is 10.9. The zero-order valence-electron chi connectivity index (χ0n) is 10.5. The molecule has 106 valence electrons. The van der Waals surface area contributed by atoms with Gasteiger partial charge in [0.25, 0.3) is 0 Å². The van der Waals surface area contributed by atoms with Gasteiger partial charge in [0.15, 0.2) is 0 Å². The highest BCUT2D eigenvalue weighted by Gasteiger charge is 2.35. The predicted octanol–water partition coefficient (Wildman–Crippen LogP) is -0.131. The highest BCUT2D eigenvalue weighted by Crippen LogP contribution is 2.26. The molecule has 1 saturated heterocycles. The van der Waals surface area contributed by atoms with Gasteiger partial charge in [-0.15, -0.1) is 0 Å². The molecule has 1 aliphatic heterocycles. The van der Waals surface area contributed by atoms with Crippen molar-refractivity contribution in [2.75, 3.05) is 13.2 Å². The molecule has 0 unspecified atom stereocenters. The Hall–Kier alpha value is -1.38. The van der Waals surface area contributed by atoms with Gasteiger partial charge in [-0.05, 0) is 18.9 Å². The standard InChI is InChI=1S/C11H16N2O5S/c1-12-6-9(5-10(12)11(15)16)19(17,18)13-4-2-3-8(13)7-14/h5-6,8,14H,2-4,7H2,1H3,(H,15,16)/t8-/m0/s1. The van der Waals surface area contributed by atoms with Crippen LogP contribution in [0.3, 0.4) is 0 Å². The summed E-state index contributed by atoms with van der Waals surface area (Å²) in [6.45, 7) is 0.128. The lowest BCUT2D eigenvalue weighted by Gasteiger charge is -2.21. The molecule has 0 aromatic carbocycles. The molecule has 8 heteroatoms. The van der Waals surface area contributed by atoms with E-state index in [1.807, 2.05) is 0 Å². The van der Waals surface area contributed by atoms with Gasteiger partial charge < -0.3 is 14.8 Å². The fourth-order valence-corrected chi connectivity index (χ4v) is 4.09. The Bertz CT molecular complexity index is 592. The number of nitrogens with zero attached hydrogens (tertiary/aromatic N) is 2. The Balaban J connectivity index is 2.40. The van der Waals surface area contributed by atoms with E-state index in [0.717, 1.165) is 6.07 Å². The topological polar surface area (TPSA) is 99.8 Å². The van der Waals surface area contributed by atoms with E-state index < -0.39 is 22.0 Å². The highest BCUT2D eigenvalue weighted by atomic mass is 32.2. The van der Waals surface area contributed by atoms with E-state index in [1.54, 1.807) is 0 Å². The summed E-state index contributed by atoms with van der Waals surface area (Å²) in [5.74, 6) is -1.18. The van der Waals surface area contributed by atoms with E-state index >= 15 is 0 Å². The largest absolute Gasteiger partial charge is 0.477 e. The number of aliphatic hydroxyl groups is 1. The summed E-state index contributed by atoms with van der Waals surface area (Å²) in [7, 11) is -2.26. The first-order valence-electron chi connectivity index (χ1n) is 5.90. The summed E-state index contributed by atoms with van der Waals surface area (Å²) < 4.78 is 27.3. The van der Waals surface area contributed by atoms with E-state index in [1.165, 1.54) is 22.1 Å². The van der Waals surface area contributed by atoms with Gasteiger partial charge in [-0.2, -0.15) is 4.31 Å². The first-order chi connectivity index (χ1) is 8.87. The minimum Gasteiger partial charge on any atom is -0.477 e. The minimum absolute atomic E-state index is 0.0484. The second-order valence-electron chi connectivity index (χ2n) is 4.57. The van der Waals surface area contributed by atoms with Crippen LogP contribution in [0.25, 0.3) is 0 Å². The summed E-state index contributed by atoms with van der Waals surface area (Å²) in [6, 6.07) is 0.725. The van der Waals surface area contributed by atoms with Crippen LogP contribution in [0.5, 0.6) is 0 Å². The molecule has 0 saturated carbocycles. The zero-order valence-corrected chi connectivity index (χ0v) is 11.3. The van der Waals surface area contributed by atoms with Crippen molar-refractivity contribution in [2.24, 2.45) is 7.05 Å². The van der Waals surface area contributed by atoms with E-state index in [9.17, 15) is 18.3 Å². The van der Waals surface area contributed by atoms with Crippen LogP contribution in [0.15, 0.2) is 17.2 Å². The average Bonchev–Trinajstić information content (AvgIpc) is 2.94. The van der Waals surface area contributed by atoms with E-state index in [-0.39, 0.29) is 17.2 Å². The number of carbonyl (C=O) groups is 1. The summed E-state index contributed by atoms with van der Waals surface area (Å²) in [6.07, 6.45) is 2.60. The van der Waals surface area contributed by atoms with Crippen LogP contribution in [-0.2, 0) is 17.1 Å². The van der Waals surface area contributed by atoms with E-state index in [0.29, 0.717) is 19.4 Å². The predicted molar refractivity (Wildman–Crippen MR) is 66.4 cm³/mol. The second-order valence-corrected chi connectivity index (χ2v) is 6.46. The number of carboxylic acid groups (broad SMARTS) is 1. The fraction of sp³-hybridized carbons (Fsp3) is 0.545. The average molecular weight is 288 g/mol. The Morgan fingerprint density at radius 1 is 1.53 bits per heavy atom. The number of hydrogen-bond donors (Lipinski definition) is 2. The molecule has 1 atom stereocenters. The number of rotatable bonds is 4. The maximum Gasteiger partial charge on any atom is 0.352 e. The molecule has 0 aliphatic carbocycles. The van der Waals surface area contributed by atoms with Gasteiger partial charge in [0, 0.05) is 25.8 Å². The number of aryl methyl sites for hydroxylation is 1. The normalized spacial score (nSPS) is 20.8. The van der Waals surface area contributed by atoms with Crippen molar-refractivity contribution >= 4 is 16.0 Å². The molecule has 1 fully saturated rings. The zero-order chi connectivity index (χ0) is 14.2. The number of hydrogen-bond acceptors (Lipinski definition) is 4. The smallest absolute Gasteiger partial charge is 0.352 e. The monoisotopic (exact) mass is 288 g/mol. The lowest BCUT2D eigenvalue weighted by Crippen LogP contribution is -2.37. The molecule has 2 rings (SSSR count). The number of aromatic carboxylic acids is 1. The van der Waals surface area contributed by atoms with Gasteiger partial charge in [0.05, 0.1) is 6.61 Å². The fourth-order valence-electron chi connectivity index (χ4n) is 2.33. The van der Waals surface area contributed by atoms with Crippen LogP contribution in [-0.4, -0.2) is 52.7 Å². The van der Waals surface area contributed by atoms with Crippen LogP contribution in [0, 0.1) is 0 Å². The molecule has 1 aliphatic rings. The summed E-state index contributed by atoms with van der Waals surface area (Å²) >= 11 is 0. The maximum absolute atomic E-state index is 12.4. The molecule has 1 aromatic rings. The van der Waals surface area contributed by atoms with Crippen LogP contribution in [0.1, 0.15) is 23.3 Å². The third-order valence-corrected chi connectivity index (χ3v) is 5.26. The molecule has 0 radical (unpaired) electrons. The van der Waals surface area contributed by atoms with Crippen LogP contribution in [0.4, 0.5) is 0 Å². The van der Waals surface area contributed by atoms with Crippen molar-refractivity contribution in [3.05, 3.63) is 18.0 Å². The molecular formula is C11H16N2O5S. The Kier molecular flexibility index (Phi) is 3.66. The van der Waals surface area contributed by atoms with Crippen molar-refractivity contribution in [3.63, 3.8) is 0 Å². The summed E-state index contributed by atoms with van der Waals surface area (Å²) in [5, 5.41) is 18.1. The number of aromatic nitrogens is 1. The number of aliphatic hydroxyl groups excluding tert-OH is 1. The molecule has 7 nitrogen and oxygen atoms in total. The molecular weight excluding hydrogens is 272 g/mol. The first-order valence-corrected chi connectivity index (χ1v) is 7.34. The van der Waals surface area contributed by atoms with Crippen molar-refractivity contribution in [3.8, 4) is 0 Å². The Labute approximate surface area is 111 Å². The molecule has 0 amide bonds. The second kappa shape index (κ2) is 4.95. The minimum atomic E-state index is -3.75. The summed E-state index contributed by atoms with van der Waals surface area (Å²) in [5.41, 5.74) is -0.0849. The SMILES string of the molecule is Cn1cc(S(=O)(=O)N2CCC[C@H]2CO)cc1C(=O)O. The van der Waals surface area contributed by atoms with Gasteiger partial charge in [0.1, 0.15) is 10.6 Å². The Morgan fingerprint density at radius 2 is 2.21 bits per heavy atom. The lowest BCUT2D eigenvalue weighted by molar-refractivity contribution is 0.0686. The van der Waals surface area contributed by atoms with Crippen molar-refractivity contribution < 1.29 is 23.4 Å². The molecule has 19 heavy (non-hydrogen) atoms. The van der Waals surface area contributed by atoms with Crippen molar-refractivity contribution in [1.82, 2.24) is 8.87 Å². The van der Waals surface area contributed by atoms with Crippen LogP contribution >= 0.6 is 0 Å². The van der Waals surface area contributed by atoms with Gasteiger partial charge >= 0.3 is 5.97 Å². The molecule has 0 bridgehead atoms. The quantitative estimate of drug-likeness (QED) is 0.804. The van der Waals surface area contributed by atoms with Crippen LogP contribution in [0.2, 0.25) is 0 Å². The maximum atomic E-state index is 12.4. The van der Waals surface area contributed by atoms with Gasteiger partial charge in [0.2, 0.25) is 10.0 Å². The molecule has 1 aromatic heterocycles. The third kappa shape index (κ3) is 2.38.